The molecule has 2 aliphatic heterocycles. The van der Waals surface area contributed by atoms with Crippen LogP contribution in [0.3, 0.4) is 0 Å². The standard InChI is InChI=1S/C24H36FN3O3/c1-16-6-5-7-20(25)21(16)23(30)26-18-9-8-17(22(29)27-24(2,3)4)14-28(15-18)19-10-12-31-13-11-19/h5-7,17-19H,8-15H2,1-4H3,(H,26,30)(H,27,29)/t17-,18+/m1/s1. The average Bonchev–Trinajstić information content (AvgIpc) is 2.90. The van der Waals surface area contributed by atoms with Crippen molar-refractivity contribution in [3.05, 3.63) is 35.1 Å². The number of hydrogen-bond donors (Lipinski definition) is 2. The summed E-state index contributed by atoms with van der Waals surface area (Å²) >= 11 is 0. The van der Waals surface area contributed by atoms with Gasteiger partial charge in [-0.3, -0.25) is 14.5 Å². The number of carbonyl (C=O) groups excluding carboxylic acids is 2. The number of nitrogens with one attached hydrogen (secondary N) is 2. The van der Waals surface area contributed by atoms with Gasteiger partial charge in [0.05, 0.1) is 11.5 Å². The highest BCUT2D eigenvalue weighted by molar-refractivity contribution is 5.96. The number of amides is 2. The van der Waals surface area contributed by atoms with Gasteiger partial charge in [0, 0.05) is 43.9 Å². The fourth-order valence-corrected chi connectivity index (χ4v) is 4.55. The Bertz CT molecular complexity index is 767. The summed E-state index contributed by atoms with van der Waals surface area (Å²) in [5.74, 6) is -0.972. The number of rotatable bonds is 4. The van der Waals surface area contributed by atoms with E-state index in [1.54, 1.807) is 19.1 Å². The van der Waals surface area contributed by atoms with Gasteiger partial charge in [0.1, 0.15) is 5.82 Å². The largest absolute Gasteiger partial charge is 0.381 e. The number of ether oxygens (including phenoxy) is 1. The molecule has 2 amide bonds. The van der Waals surface area contributed by atoms with Crippen LogP contribution in [-0.2, 0) is 9.53 Å². The first kappa shape index (κ1) is 23.7. The molecule has 2 saturated heterocycles. The predicted octanol–water partition coefficient (Wildman–Crippen LogP) is 3.04. The molecule has 0 aliphatic carbocycles. The highest BCUT2D eigenvalue weighted by Gasteiger charge is 2.34. The summed E-state index contributed by atoms with van der Waals surface area (Å²) in [5.41, 5.74) is 0.435. The van der Waals surface area contributed by atoms with E-state index in [1.165, 1.54) is 6.07 Å². The van der Waals surface area contributed by atoms with Crippen molar-refractivity contribution in [2.45, 2.75) is 71.0 Å². The van der Waals surface area contributed by atoms with Crippen molar-refractivity contribution in [3.8, 4) is 0 Å². The van der Waals surface area contributed by atoms with E-state index in [-0.39, 0.29) is 34.9 Å². The molecule has 0 aromatic heterocycles. The molecule has 2 heterocycles. The maximum Gasteiger partial charge on any atom is 0.254 e. The van der Waals surface area contributed by atoms with Crippen LogP contribution in [0.25, 0.3) is 0 Å². The van der Waals surface area contributed by atoms with Crippen molar-refractivity contribution in [3.63, 3.8) is 0 Å². The summed E-state index contributed by atoms with van der Waals surface area (Å²) in [6, 6.07) is 4.86. The highest BCUT2D eigenvalue weighted by atomic mass is 19.1. The Labute approximate surface area is 184 Å². The summed E-state index contributed by atoms with van der Waals surface area (Å²) < 4.78 is 19.8. The van der Waals surface area contributed by atoms with Crippen LogP contribution in [0.5, 0.6) is 0 Å². The molecule has 6 nitrogen and oxygen atoms in total. The number of benzene rings is 1. The third-order valence-corrected chi connectivity index (χ3v) is 6.13. The predicted molar refractivity (Wildman–Crippen MR) is 118 cm³/mol. The van der Waals surface area contributed by atoms with Crippen molar-refractivity contribution in [2.24, 2.45) is 5.92 Å². The SMILES string of the molecule is Cc1cccc(F)c1C(=O)N[C@H]1CC[C@@H](C(=O)NC(C)(C)C)CN(C2CCOCC2)C1. The van der Waals surface area contributed by atoms with E-state index in [2.05, 4.69) is 15.5 Å². The van der Waals surface area contributed by atoms with Crippen molar-refractivity contribution in [1.29, 1.82) is 0 Å². The molecule has 2 N–H and O–H groups in total. The summed E-state index contributed by atoms with van der Waals surface area (Å²) in [4.78, 5) is 28.2. The molecule has 0 bridgehead atoms. The molecule has 1 aromatic rings. The third kappa shape index (κ3) is 6.50. The first-order valence-electron chi connectivity index (χ1n) is 11.3. The molecule has 0 saturated carbocycles. The lowest BCUT2D eigenvalue weighted by molar-refractivity contribution is -0.127. The second kappa shape index (κ2) is 10.1. The van der Waals surface area contributed by atoms with Gasteiger partial charge in [-0.25, -0.2) is 4.39 Å². The van der Waals surface area contributed by atoms with Gasteiger partial charge in [0.25, 0.3) is 5.91 Å². The van der Waals surface area contributed by atoms with Crippen molar-refractivity contribution >= 4 is 11.8 Å². The summed E-state index contributed by atoms with van der Waals surface area (Å²) in [5, 5.41) is 6.16. The van der Waals surface area contributed by atoms with Crippen LogP contribution < -0.4 is 10.6 Å². The van der Waals surface area contributed by atoms with E-state index in [1.807, 2.05) is 20.8 Å². The second-order valence-corrected chi connectivity index (χ2v) is 9.91. The lowest BCUT2D eigenvalue weighted by atomic mass is 9.98. The summed E-state index contributed by atoms with van der Waals surface area (Å²) in [6.45, 7) is 10.4. The van der Waals surface area contributed by atoms with Gasteiger partial charge in [-0.1, -0.05) is 12.1 Å². The zero-order chi connectivity index (χ0) is 22.6. The van der Waals surface area contributed by atoms with Crippen LogP contribution in [-0.4, -0.2) is 60.6 Å². The molecule has 3 rings (SSSR count). The Balaban J connectivity index is 1.75. The Kier molecular flexibility index (Phi) is 7.70. The van der Waals surface area contributed by atoms with E-state index in [0.29, 0.717) is 50.8 Å². The van der Waals surface area contributed by atoms with Crippen molar-refractivity contribution in [1.82, 2.24) is 15.5 Å². The van der Waals surface area contributed by atoms with Crippen LogP contribution >= 0.6 is 0 Å². The Hall–Kier alpha value is -1.99. The molecular formula is C24H36FN3O3. The minimum absolute atomic E-state index is 0.0569. The normalized spacial score (nSPS) is 23.8. The number of halogens is 1. The topological polar surface area (TPSA) is 70.7 Å². The number of nitrogens with zero attached hydrogens (tertiary/aromatic N) is 1. The van der Waals surface area contributed by atoms with Gasteiger partial charge >= 0.3 is 0 Å². The van der Waals surface area contributed by atoms with Gasteiger partial charge in [-0.05, 0) is 65.0 Å². The molecule has 0 radical (unpaired) electrons. The zero-order valence-electron chi connectivity index (χ0n) is 19.2. The molecule has 2 fully saturated rings. The monoisotopic (exact) mass is 433 g/mol. The third-order valence-electron chi connectivity index (χ3n) is 6.13. The molecular weight excluding hydrogens is 397 g/mol. The van der Waals surface area contributed by atoms with E-state index >= 15 is 0 Å². The van der Waals surface area contributed by atoms with Crippen LogP contribution in [0.2, 0.25) is 0 Å². The van der Waals surface area contributed by atoms with Crippen LogP contribution in [0.4, 0.5) is 4.39 Å². The molecule has 31 heavy (non-hydrogen) atoms. The fourth-order valence-electron chi connectivity index (χ4n) is 4.55. The second-order valence-electron chi connectivity index (χ2n) is 9.91. The zero-order valence-corrected chi connectivity index (χ0v) is 19.2. The van der Waals surface area contributed by atoms with Crippen LogP contribution in [0.1, 0.15) is 62.4 Å². The molecule has 0 unspecified atom stereocenters. The van der Waals surface area contributed by atoms with Gasteiger partial charge < -0.3 is 15.4 Å². The van der Waals surface area contributed by atoms with Gasteiger partial charge in [0.15, 0.2) is 0 Å². The Morgan fingerprint density at radius 3 is 2.45 bits per heavy atom. The number of hydrogen-bond acceptors (Lipinski definition) is 4. The number of likely N-dealkylation sites (tertiary alicyclic amines) is 1. The van der Waals surface area contributed by atoms with Gasteiger partial charge in [-0.2, -0.15) is 0 Å². The van der Waals surface area contributed by atoms with E-state index in [9.17, 15) is 14.0 Å². The molecule has 2 aliphatic rings. The quantitative estimate of drug-likeness (QED) is 0.766. The van der Waals surface area contributed by atoms with Crippen LogP contribution in [0.15, 0.2) is 18.2 Å². The lowest BCUT2D eigenvalue weighted by Gasteiger charge is -2.36. The first-order chi connectivity index (χ1) is 14.6. The smallest absolute Gasteiger partial charge is 0.254 e. The summed E-state index contributed by atoms with van der Waals surface area (Å²) in [7, 11) is 0. The summed E-state index contributed by atoms with van der Waals surface area (Å²) in [6.07, 6.45) is 3.20. The highest BCUT2D eigenvalue weighted by Crippen LogP contribution is 2.24. The fraction of sp³-hybridized carbons (Fsp3) is 0.667. The Morgan fingerprint density at radius 1 is 1.10 bits per heavy atom. The van der Waals surface area contributed by atoms with Crippen LogP contribution in [0, 0.1) is 18.7 Å². The molecule has 0 spiro atoms. The number of carbonyl (C=O) groups is 2. The Morgan fingerprint density at radius 2 is 1.81 bits per heavy atom. The number of aryl methyl sites for hydroxylation is 1. The molecule has 1 aromatic carbocycles. The maximum absolute atomic E-state index is 14.3. The minimum atomic E-state index is -0.505. The van der Waals surface area contributed by atoms with Gasteiger partial charge in [0.2, 0.25) is 5.91 Å². The maximum atomic E-state index is 14.3. The van der Waals surface area contributed by atoms with E-state index in [0.717, 1.165) is 12.8 Å². The molecule has 2 atom stereocenters. The van der Waals surface area contributed by atoms with Crippen molar-refractivity contribution < 1.29 is 18.7 Å². The minimum Gasteiger partial charge on any atom is -0.381 e. The van der Waals surface area contributed by atoms with Crippen molar-refractivity contribution in [2.75, 3.05) is 26.3 Å². The average molecular weight is 434 g/mol. The first-order valence-corrected chi connectivity index (χ1v) is 11.3. The van der Waals surface area contributed by atoms with E-state index in [4.69, 9.17) is 4.74 Å². The van der Waals surface area contributed by atoms with Gasteiger partial charge in [-0.15, -0.1) is 0 Å². The molecule has 172 valence electrons. The molecule has 7 heteroatoms. The lowest BCUT2D eigenvalue weighted by Crippen LogP contribution is -2.50. The van der Waals surface area contributed by atoms with E-state index < -0.39 is 5.82 Å².